The Balaban J connectivity index is 2.78. The lowest BCUT2D eigenvalue weighted by Crippen LogP contribution is -2.29. The molecule has 2 N–H and O–H groups in total. The minimum atomic E-state index is -3.48. The third-order valence-corrected chi connectivity index (χ3v) is 3.95. The van der Waals surface area contributed by atoms with Gasteiger partial charge in [0.05, 0.1) is 4.90 Å². The molecule has 90 valence electrons. The van der Waals surface area contributed by atoms with Crippen molar-refractivity contribution in [2.24, 2.45) is 5.92 Å². The highest BCUT2D eigenvalue weighted by molar-refractivity contribution is 9.10. The number of aliphatic hydroxyl groups is 1. The summed E-state index contributed by atoms with van der Waals surface area (Å²) in [4.78, 5) is 0.215. The van der Waals surface area contributed by atoms with E-state index in [-0.39, 0.29) is 24.0 Å². The Hall–Kier alpha value is -0.430. The number of hydrogen-bond acceptors (Lipinski definition) is 3. The van der Waals surface area contributed by atoms with E-state index in [9.17, 15) is 8.42 Å². The topological polar surface area (TPSA) is 66.4 Å². The maximum Gasteiger partial charge on any atom is 0.240 e. The first-order chi connectivity index (χ1) is 7.45. The molecule has 4 nitrogen and oxygen atoms in total. The molecular formula is C10H14BrNO3S. The van der Waals surface area contributed by atoms with Crippen molar-refractivity contribution >= 4 is 26.0 Å². The average molecular weight is 308 g/mol. The zero-order chi connectivity index (χ0) is 12.2. The van der Waals surface area contributed by atoms with E-state index in [1.165, 1.54) is 12.1 Å². The fourth-order valence-electron chi connectivity index (χ4n) is 1.03. The van der Waals surface area contributed by atoms with Gasteiger partial charge in [0.1, 0.15) is 0 Å². The van der Waals surface area contributed by atoms with Crippen LogP contribution in [0.2, 0.25) is 0 Å². The molecule has 1 aromatic rings. The van der Waals surface area contributed by atoms with Crippen LogP contribution in [0.25, 0.3) is 0 Å². The van der Waals surface area contributed by atoms with Gasteiger partial charge in [-0.25, -0.2) is 13.1 Å². The van der Waals surface area contributed by atoms with Crippen LogP contribution in [0.4, 0.5) is 0 Å². The van der Waals surface area contributed by atoms with Gasteiger partial charge in [-0.3, -0.25) is 0 Å². The van der Waals surface area contributed by atoms with Gasteiger partial charge < -0.3 is 5.11 Å². The van der Waals surface area contributed by atoms with Crippen molar-refractivity contribution in [2.45, 2.75) is 11.8 Å². The van der Waals surface area contributed by atoms with E-state index in [1.54, 1.807) is 19.1 Å². The molecule has 16 heavy (non-hydrogen) atoms. The van der Waals surface area contributed by atoms with Crippen molar-refractivity contribution < 1.29 is 13.5 Å². The minimum Gasteiger partial charge on any atom is -0.396 e. The fourth-order valence-corrected chi connectivity index (χ4v) is 2.80. The number of aliphatic hydroxyl groups excluding tert-OH is 1. The lowest BCUT2D eigenvalue weighted by molar-refractivity contribution is 0.238. The summed E-state index contributed by atoms with van der Waals surface area (Å²) < 4.78 is 26.7. The van der Waals surface area contributed by atoms with Crippen molar-refractivity contribution in [1.82, 2.24) is 4.72 Å². The largest absolute Gasteiger partial charge is 0.396 e. The quantitative estimate of drug-likeness (QED) is 0.863. The van der Waals surface area contributed by atoms with Crippen LogP contribution < -0.4 is 4.72 Å². The molecule has 0 saturated carbocycles. The molecule has 0 spiro atoms. The van der Waals surface area contributed by atoms with Gasteiger partial charge in [-0.1, -0.05) is 28.9 Å². The lowest BCUT2D eigenvalue weighted by atomic mass is 10.2. The molecule has 6 heteroatoms. The third-order valence-electron chi connectivity index (χ3n) is 2.04. The van der Waals surface area contributed by atoms with E-state index in [1.807, 2.05) is 0 Å². The van der Waals surface area contributed by atoms with Crippen LogP contribution in [0, 0.1) is 5.92 Å². The van der Waals surface area contributed by atoms with Crippen molar-refractivity contribution in [3.05, 3.63) is 28.7 Å². The summed E-state index contributed by atoms with van der Waals surface area (Å²) in [7, 11) is -3.48. The molecule has 1 aromatic carbocycles. The van der Waals surface area contributed by atoms with Gasteiger partial charge in [0.15, 0.2) is 0 Å². The molecule has 0 heterocycles. The average Bonchev–Trinajstić information content (AvgIpc) is 2.26. The van der Waals surface area contributed by atoms with Crippen LogP contribution in [0.3, 0.4) is 0 Å². The Morgan fingerprint density at radius 3 is 2.75 bits per heavy atom. The second-order valence-electron chi connectivity index (χ2n) is 3.60. The number of halogens is 1. The van der Waals surface area contributed by atoms with E-state index < -0.39 is 10.0 Å². The Morgan fingerprint density at radius 1 is 1.50 bits per heavy atom. The number of sulfonamides is 1. The van der Waals surface area contributed by atoms with Crippen LogP contribution in [-0.4, -0.2) is 26.7 Å². The predicted octanol–water partition coefficient (Wildman–Crippen LogP) is 1.36. The molecule has 0 aliphatic heterocycles. The Bertz CT molecular complexity index is 447. The second-order valence-corrected chi connectivity index (χ2v) is 6.28. The molecular weight excluding hydrogens is 294 g/mol. The van der Waals surface area contributed by atoms with Crippen molar-refractivity contribution in [3.8, 4) is 0 Å². The summed E-state index contributed by atoms with van der Waals surface area (Å²) in [6, 6.07) is 6.48. The molecule has 0 radical (unpaired) electrons. The van der Waals surface area contributed by atoms with E-state index in [0.29, 0.717) is 4.47 Å². The highest BCUT2D eigenvalue weighted by Gasteiger charge is 2.14. The smallest absolute Gasteiger partial charge is 0.240 e. The van der Waals surface area contributed by atoms with E-state index in [2.05, 4.69) is 20.7 Å². The minimum absolute atomic E-state index is 0.0407. The normalized spacial score (nSPS) is 13.7. The van der Waals surface area contributed by atoms with Gasteiger partial charge in [-0.2, -0.15) is 0 Å². The Kier molecular flexibility index (Phi) is 4.91. The molecule has 0 fully saturated rings. The molecule has 0 bridgehead atoms. The SMILES string of the molecule is CC(CO)CNS(=O)(=O)c1cccc(Br)c1. The maximum absolute atomic E-state index is 11.8. The molecule has 0 aliphatic rings. The zero-order valence-electron chi connectivity index (χ0n) is 8.85. The number of benzene rings is 1. The van der Waals surface area contributed by atoms with Gasteiger partial charge in [-0.05, 0) is 24.1 Å². The highest BCUT2D eigenvalue weighted by atomic mass is 79.9. The first-order valence-electron chi connectivity index (χ1n) is 4.82. The standard InChI is InChI=1S/C10H14BrNO3S/c1-8(7-13)6-12-16(14,15)10-4-2-3-9(11)5-10/h2-5,8,12-13H,6-7H2,1H3. The molecule has 1 unspecified atom stereocenters. The predicted molar refractivity (Wildman–Crippen MR) is 65.6 cm³/mol. The van der Waals surface area contributed by atoms with Crippen molar-refractivity contribution in [3.63, 3.8) is 0 Å². The summed E-state index contributed by atoms with van der Waals surface area (Å²) >= 11 is 3.22. The summed E-state index contributed by atoms with van der Waals surface area (Å²) in [5.74, 6) is -0.0954. The summed E-state index contributed by atoms with van der Waals surface area (Å²) in [6.07, 6.45) is 0. The molecule has 1 atom stereocenters. The first-order valence-corrected chi connectivity index (χ1v) is 7.09. The van der Waals surface area contributed by atoms with Crippen LogP contribution in [0.15, 0.2) is 33.6 Å². The lowest BCUT2D eigenvalue weighted by Gasteiger charge is -2.10. The van der Waals surface area contributed by atoms with Crippen molar-refractivity contribution in [2.75, 3.05) is 13.2 Å². The van der Waals surface area contributed by atoms with Crippen molar-refractivity contribution in [1.29, 1.82) is 0 Å². The van der Waals surface area contributed by atoms with E-state index >= 15 is 0 Å². The third kappa shape index (κ3) is 3.86. The second kappa shape index (κ2) is 5.77. The van der Waals surface area contributed by atoms with Crippen LogP contribution in [0.5, 0.6) is 0 Å². The summed E-state index contributed by atoms with van der Waals surface area (Å²) in [5.41, 5.74) is 0. The molecule has 0 saturated heterocycles. The number of nitrogens with one attached hydrogen (secondary N) is 1. The molecule has 0 amide bonds. The first kappa shape index (κ1) is 13.6. The maximum atomic E-state index is 11.8. The van der Waals surface area contributed by atoms with E-state index in [4.69, 9.17) is 5.11 Å². The van der Waals surface area contributed by atoms with E-state index in [0.717, 1.165) is 0 Å². The van der Waals surface area contributed by atoms with Gasteiger partial charge in [0, 0.05) is 17.6 Å². The van der Waals surface area contributed by atoms with Gasteiger partial charge >= 0.3 is 0 Å². The molecule has 0 aromatic heterocycles. The molecule has 0 aliphatic carbocycles. The van der Waals surface area contributed by atoms with Gasteiger partial charge in [-0.15, -0.1) is 0 Å². The summed E-state index contributed by atoms with van der Waals surface area (Å²) in [5, 5.41) is 8.80. The summed E-state index contributed by atoms with van der Waals surface area (Å²) in [6.45, 7) is 1.95. The monoisotopic (exact) mass is 307 g/mol. The zero-order valence-corrected chi connectivity index (χ0v) is 11.3. The van der Waals surface area contributed by atoms with Crippen LogP contribution in [0.1, 0.15) is 6.92 Å². The molecule has 1 rings (SSSR count). The highest BCUT2D eigenvalue weighted by Crippen LogP contribution is 2.15. The number of rotatable bonds is 5. The van der Waals surface area contributed by atoms with Gasteiger partial charge in [0.2, 0.25) is 10.0 Å². The fraction of sp³-hybridized carbons (Fsp3) is 0.400. The van der Waals surface area contributed by atoms with Gasteiger partial charge in [0.25, 0.3) is 0 Å². The Morgan fingerprint density at radius 2 is 2.19 bits per heavy atom. The Labute approximate surface area is 104 Å². The van der Waals surface area contributed by atoms with Crippen LogP contribution in [-0.2, 0) is 10.0 Å². The number of hydrogen-bond donors (Lipinski definition) is 2. The van der Waals surface area contributed by atoms with Crippen LogP contribution >= 0.6 is 15.9 Å².